The summed E-state index contributed by atoms with van der Waals surface area (Å²) in [5.74, 6) is 0.503. The van der Waals surface area contributed by atoms with Gasteiger partial charge in [-0.2, -0.15) is 0 Å². The molecule has 0 saturated carbocycles. The molecule has 0 unspecified atom stereocenters. The predicted octanol–water partition coefficient (Wildman–Crippen LogP) is 2.94. The normalized spacial score (nSPS) is 13.7. The number of piperazine rings is 1. The number of benzene rings is 1. The number of ether oxygens (including phenoxy) is 1. The monoisotopic (exact) mass is 396 g/mol. The molecule has 1 fully saturated rings. The van der Waals surface area contributed by atoms with E-state index in [0.29, 0.717) is 49.7 Å². The molecule has 0 bridgehead atoms. The van der Waals surface area contributed by atoms with Crippen LogP contribution in [-0.2, 0) is 4.74 Å². The van der Waals surface area contributed by atoms with Crippen LogP contribution in [0.5, 0.6) is 0 Å². The number of amides is 2. The molecule has 1 aliphatic rings. The molecule has 0 radical (unpaired) electrons. The van der Waals surface area contributed by atoms with Gasteiger partial charge in [-0.3, -0.25) is 9.59 Å². The molecule has 0 aliphatic carbocycles. The van der Waals surface area contributed by atoms with Gasteiger partial charge in [-0.25, -0.2) is 9.78 Å². The lowest BCUT2D eigenvalue weighted by Gasteiger charge is -2.34. The first-order chi connectivity index (χ1) is 14.0. The SMILES string of the molecule is CCOC(=O)N1CCN(C(=O)c2ccc(Nc3ccc(C(C)=O)cc3)nc2)CC1. The average molecular weight is 396 g/mol. The first kappa shape index (κ1) is 20.3. The first-order valence-corrected chi connectivity index (χ1v) is 9.53. The molecule has 29 heavy (non-hydrogen) atoms. The van der Waals surface area contributed by atoms with Crippen LogP contribution in [-0.4, -0.2) is 65.4 Å². The number of hydrogen-bond acceptors (Lipinski definition) is 6. The molecule has 2 amide bonds. The van der Waals surface area contributed by atoms with Crippen LogP contribution in [0, 0.1) is 0 Å². The van der Waals surface area contributed by atoms with Crippen molar-refractivity contribution in [1.82, 2.24) is 14.8 Å². The van der Waals surface area contributed by atoms with Gasteiger partial charge in [0.1, 0.15) is 5.82 Å². The van der Waals surface area contributed by atoms with Crippen molar-refractivity contribution < 1.29 is 19.1 Å². The van der Waals surface area contributed by atoms with E-state index in [4.69, 9.17) is 4.74 Å². The Hall–Kier alpha value is -3.42. The summed E-state index contributed by atoms with van der Waals surface area (Å²) >= 11 is 0. The number of pyridine rings is 1. The Morgan fingerprint density at radius 2 is 1.59 bits per heavy atom. The van der Waals surface area contributed by atoms with E-state index in [2.05, 4.69) is 10.3 Å². The summed E-state index contributed by atoms with van der Waals surface area (Å²) in [6.45, 7) is 5.45. The third kappa shape index (κ3) is 5.10. The van der Waals surface area contributed by atoms with Crippen LogP contribution >= 0.6 is 0 Å². The summed E-state index contributed by atoms with van der Waals surface area (Å²) < 4.78 is 4.99. The highest BCUT2D eigenvalue weighted by Gasteiger charge is 2.25. The van der Waals surface area contributed by atoms with Crippen LogP contribution in [0.4, 0.5) is 16.3 Å². The zero-order chi connectivity index (χ0) is 20.8. The third-order valence-corrected chi connectivity index (χ3v) is 4.67. The zero-order valence-corrected chi connectivity index (χ0v) is 16.6. The molecule has 8 heteroatoms. The molecule has 2 aromatic rings. The second-order valence-electron chi connectivity index (χ2n) is 6.67. The Bertz CT molecular complexity index is 873. The number of hydrogen-bond donors (Lipinski definition) is 1. The Labute approximate surface area is 169 Å². The van der Waals surface area contributed by atoms with E-state index in [9.17, 15) is 14.4 Å². The third-order valence-electron chi connectivity index (χ3n) is 4.67. The van der Waals surface area contributed by atoms with Gasteiger partial charge in [0.25, 0.3) is 5.91 Å². The van der Waals surface area contributed by atoms with Crippen molar-refractivity contribution >= 4 is 29.3 Å². The first-order valence-electron chi connectivity index (χ1n) is 9.53. The molecule has 152 valence electrons. The minimum absolute atomic E-state index is 0.0145. The Morgan fingerprint density at radius 3 is 2.14 bits per heavy atom. The Kier molecular flexibility index (Phi) is 6.43. The van der Waals surface area contributed by atoms with Crippen LogP contribution in [0.15, 0.2) is 42.6 Å². The molecule has 3 rings (SSSR count). The molecule has 1 aromatic heterocycles. The lowest BCUT2D eigenvalue weighted by atomic mass is 10.1. The molecule has 1 aliphatic heterocycles. The van der Waals surface area contributed by atoms with Gasteiger partial charge in [0, 0.05) is 43.6 Å². The summed E-state index contributed by atoms with van der Waals surface area (Å²) in [6, 6.07) is 10.6. The van der Waals surface area contributed by atoms with Crippen molar-refractivity contribution in [3.05, 3.63) is 53.7 Å². The standard InChI is InChI=1S/C21H24N4O4/c1-3-29-21(28)25-12-10-24(11-13-25)20(27)17-6-9-19(22-14-17)23-18-7-4-16(5-8-18)15(2)26/h4-9,14H,3,10-13H2,1-2H3,(H,22,23). The van der Waals surface area contributed by atoms with Gasteiger partial charge in [-0.05, 0) is 50.2 Å². The largest absolute Gasteiger partial charge is 0.450 e. The van der Waals surface area contributed by atoms with Crippen LogP contribution in [0.2, 0.25) is 0 Å². The fraction of sp³-hybridized carbons (Fsp3) is 0.333. The lowest BCUT2D eigenvalue weighted by Crippen LogP contribution is -2.50. The molecule has 1 aromatic carbocycles. The minimum atomic E-state index is -0.340. The highest BCUT2D eigenvalue weighted by atomic mass is 16.6. The molecular weight excluding hydrogens is 372 g/mol. The van der Waals surface area contributed by atoms with Crippen molar-refractivity contribution in [3.63, 3.8) is 0 Å². The summed E-state index contributed by atoms with van der Waals surface area (Å²) in [7, 11) is 0. The van der Waals surface area contributed by atoms with E-state index in [1.54, 1.807) is 53.1 Å². The number of carbonyl (C=O) groups is 3. The van der Waals surface area contributed by atoms with E-state index >= 15 is 0 Å². The van der Waals surface area contributed by atoms with Gasteiger partial charge in [-0.1, -0.05) is 0 Å². The van der Waals surface area contributed by atoms with Gasteiger partial charge in [-0.15, -0.1) is 0 Å². The van der Waals surface area contributed by atoms with E-state index < -0.39 is 0 Å². The van der Waals surface area contributed by atoms with E-state index in [1.807, 2.05) is 0 Å². The van der Waals surface area contributed by atoms with Gasteiger partial charge in [0.15, 0.2) is 5.78 Å². The quantitative estimate of drug-likeness (QED) is 0.782. The number of anilines is 2. The van der Waals surface area contributed by atoms with E-state index in [1.165, 1.54) is 13.1 Å². The van der Waals surface area contributed by atoms with Crippen LogP contribution < -0.4 is 5.32 Å². The average Bonchev–Trinajstić information content (AvgIpc) is 2.74. The predicted molar refractivity (Wildman–Crippen MR) is 108 cm³/mol. The number of ketones is 1. The molecule has 0 atom stereocenters. The summed E-state index contributed by atoms with van der Waals surface area (Å²) in [4.78, 5) is 43.4. The highest BCUT2D eigenvalue weighted by Crippen LogP contribution is 2.17. The minimum Gasteiger partial charge on any atom is -0.450 e. The molecule has 2 heterocycles. The fourth-order valence-corrected chi connectivity index (χ4v) is 3.02. The van der Waals surface area contributed by atoms with E-state index in [-0.39, 0.29) is 17.8 Å². The fourth-order valence-electron chi connectivity index (χ4n) is 3.02. The van der Waals surface area contributed by atoms with Crippen molar-refractivity contribution in [1.29, 1.82) is 0 Å². The number of nitrogens with zero attached hydrogens (tertiary/aromatic N) is 3. The molecule has 1 saturated heterocycles. The Balaban J connectivity index is 1.56. The second kappa shape index (κ2) is 9.18. The van der Waals surface area contributed by atoms with E-state index in [0.717, 1.165) is 5.69 Å². The number of aromatic nitrogens is 1. The number of rotatable bonds is 5. The van der Waals surface area contributed by atoms with Crippen LogP contribution in [0.25, 0.3) is 0 Å². The number of Topliss-reactive ketones (excluding diaryl/α,β-unsaturated/α-hetero) is 1. The van der Waals surface area contributed by atoms with Crippen molar-refractivity contribution in [2.75, 3.05) is 38.1 Å². The van der Waals surface area contributed by atoms with Gasteiger partial charge < -0.3 is 19.9 Å². The zero-order valence-electron chi connectivity index (χ0n) is 16.6. The van der Waals surface area contributed by atoms with Crippen LogP contribution in [0.1, 0.15) is 34.6 Å². The summed E-state index contributed by atoms with van der Waals surface area (Å²) in [6.07, 6.45) is 1.19. The smallest absolute Gasteiger partial charge is 0.409 e. The summed E-state index contributed by atoms with van der Waals surface area (Å²) in [5, 5.41) is 3.14. The summed E-state index contributed by atoms with van der Waals surface area (Å²) in [5.41, 5.74) is 1.94. The van der Waals surface area contributed by atoms with Gasteiger partial charge in [0.2, 0.25) is 0 Å². The molecular formula is C21H24N4O4. The van der Waals surface area contributed by atoms with Crippen LogP contribution in [0.3, 0.4) is 0 Å². The topological polar surface area (TPSA) is 91.8 Å². The maximum atomic E-state index is 12.7. The number of carbonyl (C=O) groups excluding carboxylic acids is 3. The second-order valence-corrected chi connectivity index (χ2v) is 6.67. The number of nitrogens with one attached hydrogen (secondary N) is 1. The molecule has 1 N–H and O–H groups in total. The highest BCUT2D eigenvalue weighted by molar-refractivity contribution is 5.95. The molecule has 0 spiro atoms. The van der Waals surface area contributed by atoms with Crippen molar-refractivity contribution in [2.24, 2.45) is 0 Å². The van der Waals surface area contributed by atoms with Crippen molar-refractivity contribution in [2.45, 2.75) is 13.8 Å². The van der Waals surface area contributed by atoms with Gasteiger partial charge in [0.05, 0.1) is 12.2 Å². The maximum Gasteiger partial charge on any atom is 0.409 e. The van der Waals surface area contributed by atoms with Gasteiger partial charge >= 0.3 is 6.09 Å². The van der Waals surface area contributed by atoms with Crippen molar-refractivity contribution in [3.8, 4) is 0 Å². The maximum absolute atomic E-state index is 12.7. The lowest BCUT2D eigenvalue weighted by molar-refractivity contribution is 0.0570. The Morgan fingerprint density at radius 1 is 0.966 bits per heavy atom. The molecule has 8 nitrogen and oxygen atoms in total.